The van der Waals surface area contributed by atoms with E-state index >= 15 is 0 Å². The molecule has 0 aliphatic heterocycles. The van der Waals surface area contributed by atoms with E-state index in [9.17, 15) is 8.78 Å². The van der Waals surface area contributed by atoms with E-state index < -0.39 is 12.7 Å². The molecule has 1 aromatic heterocycles. The van der Waals surface area contributed by atoms with Gasteiger partial charge in [-0.05, 0) is 30.2 Å². The van der Waals surface area contributed by atoms with Crippen LogP contribution in [0, 0.1) is 6.92 Å². The van der Waals surface area contributed by atoms with Crippen LogP contribution in [0.1, 0.15) is 22.7 Å². The van der Waals surface area contributed by atoms with Crippen molar-refractivity contribution >= 4 is 0 Å². The fraction of sp³-hybridized carbons (Fsp3) is 0.214. The molecule has 0 spiro atoms. The summed E-state index contributed by atoms with van der Waals surface area (Å²) < 4.78 is 29.2. The summed E-state index contributed by atoms with van der Waals surface area (Å²) >= 11 is 0. The van der Waals surface area contributed by atoms with Crippen LogP contribution >= 0.6 is 0 Å². The average Bonchev–Trinajstić information content (AvgIpc) is 2.38. The molecule has 0 saturated carbocycles. The van der Waals surface area contributed by atoms with E-state index in [1.807, 2.05) is 13.0 Å². The molecule has 3 nitrogen and oxygen atoms in total. The van der Waals surface area contributed by atoms with Gasteiger partial charge in [0.2, 0.25) is 0 Å². The van der Waals surface area contributed by atoms with Gasteiger partial charge in [0.05, 0.1) is 6.04 Å². The van der Waals surface area contributed by atoms with Gasteiger partial charge in [-0.2, -0.15) is 8.78 Å². The van der Waals surface area contributed by atoms with E-state index in [0.29, 0.717) is 5.56 Å². The second-order valence-electron chi connectivity index (χ2n) is 4.13. The maximum absolute atomic E-state index is 12.4. The normalized spacial score (nSPS) is 12.5. The summed E-state index contributed by atoms with van der Waals surface area (Å²) in [6.07, 6.45) is 3.30. The predicted octanol–water partition coefficient (Wildman–Crippen LogP) is 3.04. The molecule has 0 fully saturated rings. The van der Waals surface area contributed by atoms with E-state index in [0.717, 1.165) is 11.1 Å². The van der Waals surface area contributed by atoms with Crippen LogP contribution in [0.4, 0.5) is 8.78 Å². The third-order valence-corrected chi connectivity index (χ3v) is 2.88. The number of nitrogens with zero attached hydrogens (tertiary/aromatic N) is 1. The van der Waals surface area contributed by atoms with E-state index in [-0.39, 0.29) is 5.75 Å². The molecular weight excluding hydrogens is 250 g/mol. The van der Waals surface area contributed by atoms with Crippen molar-refractivity contribution in [3.05, 3.63) is 59.4 Å². The minimum absolute atomic E-state index is 0.0910. The van der Waals surface area contributed by atoms with Gasteiger partial charge in [0, 0.05) is 18.0 Å². The van der Waals surface area contributed by atoms with Crippen molar-refractivity contribution in [3.63, 3.8) is 0 Å². The van der Waals surface area contributed by atoms with Gasteiger partial charge in [0.1, 0.15) is 5.75 Å². The molecule has 1 atom stereocenters. The van der Waals surface area contributed by atoms with E-state index in [4.69, 9.17) is 5.73 Å². The highest BCUT2D eigenvalue weighted by Crippen LogP contribution is 2.30. The minimum atomic E-state index is -2.87. The van der Waals surface area contributed by atoms with Crippen molar-refractivity contribution in [1.82, 2.24) is 4.98 Å². The Balaban J connectivity index is 2.39. The fourth-order valence-corrected chi connectivity index (χ4v) is 1.91. The Morgan fingerprint density at radius 3 is 2.58 bits per heavy atom. The maximum atomic E-state index is 12.4. The second kappa shape index (κ2) is 5.75. The lowest BCUT2D eigenvalue weighted by Crippen LogP contribution is -2.16. The van der Waals surface area contributed by atoms with Crippen molar-refractivity contribution < 1.29 is 13.5 Å². The van der Waals surface area contributed by atoms with E-state index in [2.05, 4.69) is 9.72 Å². The summed E-state index contributed by atoms with van der Waals surface area (Å²) in [6, 6.07) is 7.79. The quantitative estimate of drug-likeness (QED) is 0.923. The molecule has 0 saturated heterocycles. The van der Waals surface area contributed by atoms with Gasteiger partial charge in [-0.15, -0.1) is 0 Å². The van der Waals surface area contributed by atoms with Crippen LogP contribution in [0.15, 0.2) is 42.7 Å². The van der Waals surface area contributed by atoms with Crippen molar-refractivity contribution in [2.75, 3.05) is 0 Å². The number of aryl methyl sites for hydroxylation is 1. The number of hydrogen-bond acceptors (Lipinski definition) is 3. The predicted molar refractivity (Wildman–Crippen MR) is 68.1 cm³/mol. The standard InChI is InChI=1S/C14H14F2N2O/c1-9-6-7-18-8-11(9)13(17)10-4-2-3-5-12(10)19-14(15)16/h2-8,13-14H,17H2,1H3. The Labute approximate surface area is 110 Å². The zero-order chi connectivity index (χ0) is 13.8. The first-order valence-electron chi connectivity index (χ1n) is 5.79. The number of nitrogens with two attached hydrogens (primary N) is 1. The lowest BCUT2D eigenvalue weighted by atomic mass is 9.97. The van der Waals surface area contributed by atoms with Crippen LogP contribution in [0.3, 0.4) is 0 Å². The largest absolute Gasteiger partial charge is 0.434 e. The molecule has 100 valence electrons. The Morgan fingerprint density at radius 1 is 1.16 bits per heavy atom. The lowest BCUT2D eigenvalue weighted by molar-refractivity contribution is -0.0505. The van der Waals surface area contributed by atoms with Gasteiger partial charge in [-0.1, -0.05) is 18.2 Å². The molecular formula is C14H14F2N2O. The van der Waals surface area contributed by atoms with Gasteiger partial charge >= 0.3 is 6.61 Å². The Bertz CT molecular complexity index is 561. The molecule has 0 aliphatic carbocycles. The minimum Gasteiger partial charge on any atom is -0.434 e. The number of benzene rings is 1. The van der Waals surface area contributed by atoms with Crippen LogP contribution in [0.2, 0.25) is 0 Å². The zero-order valence-electron chi connectivity index (χ0n) is 10.4. The van der Waals surface area contributed by atoms with Crippen LogP contribution in [0.25, 0.3) is 0 Å². The Morgan fingerprint density at radius 2 is 1.89 bits per heavy atom. The number of aromatic nitrogens is 1. The van der Waals surface area contributed by atoms with Crippen LogP contribution < -0.4 is 10.5 Å². The molecule has 1 aromatic carbocycles. The monoisotopic (exact) mass is 264 g/mol. The van der Waals surface area contributed by atoms with Gasteiger partial charge < -0.3 is 10.5 Å². The lowest BCUT2D eigenvalue weighted by Gasteiger charge is -2.18. The van der Waals surface area contributed by atoms with Crippen molar-refractivity contribution in [2.45, 2.75) is 19.6 Å². The number of rotatable bonds is 4. The molecule has 19 heavy (non-hydrogen) atoms. The summed E-state index contributed by atoms with van der Waals surface area (Å²) in [5, 5.41) is 0. The number of halogens is 2. The zero-order valence-corrected chi connectivity index (χ0v) is 10.4. The number of hydrogen-bond donors (Lipinski definition) is 1. The topological polar surface area (TPSA) is 48.1 Å². The molecule has 0 aliphatic rings. The first-order valence-corrected chi connectivity index (χ1v) is 5.79. The maximum Gasteiger partial charge on any atom is 0.387 e. The molecule has 2 rings (SSSR count). The van der Waals surface area contributed by atoms with Gasteiger partial charge in [0.15, 0.2) is 0 Å². The van der Waals surface area contributed by atoms with Crippen LogP contribution in [-0.4, -0.2) is 11.6 Å². The molecule has 2 N–H and O–H groups in total. The number of ether oxygens (including phenoxy) is 1. The fourth-order valence-electron chi connectivity index (χ4n) is 1.91. The molecule has 1 heterocycles. The van der Waals surface area contributed by atoms with Crippen LogP contribution in [-0.2, 0) is 0 Å². The van der Waals surface area contributed by atoms with E-state index in [1.54, 1.807) is 30.6 Å². The summed E-state index contributed by atoms with van der Waals surface area (Å²) in [5.41, 5.74) is 8.38. The molecule has 0 amide bonds. The Hall–Kier alpha value is -2.01. The highest BCUT2D eigenvalue weighted by molar-refractivity contribution is 5.42. The highest BCUT2D eigenvalue weighted by atomic mass is 19.3. The number of pyridine rings is 1. The smallest absolute Gasteiger partial charge is 0.387 e. The molecule has 2 aromatic rings. The first kappa shape index (κ1) is 13.4. The van der Waals surface area contributed by atoms with E-state index in [1.165, 1.54) is 6.07 Å². The first-order chi connectivity index (χ1) is 9.09. The Kier molecular flexibility index (Phi) is 4.06. The molecule has 5 heteroatoms. The van der Waals surface area contributed by atoms with Crippen molar-refractivity contribution in [3.8, 4) is 5.75 Å². The summed E-state index contributed by atoms with van der Waals surface area (Å²) in [7, 11) is 0. The van der Waals surface area contributed by atoms with Gasteiger partial charge in [0.25, 0.3) is 0 Å². The van der Waals surface area contributed by atoms with Gasteiger partial charge in [-0.25, -0.2) is 0 Å². The van der Waals surface area contributed by atoms with Crippen LogP contribution in [0.5, 0.6) is 5.75 Å². The molecule has 1 unspecified atom stereocenters. The third-order valence-electron chi connectivity index (χ3n) is 2.88. The molecule has 0 bridgehead atoms. The van der Waals surface area contributed by atoms with Crippen molar-refractivity contribution in [1.29, 1.82) is 0 Å². The summed E-state index contributed by atoms with van der Waals surface area (Å²) in [5.74, 6) is 0.0910. The highest BCUT2D eigenvalue weighted by Gasteiger charge is 2.17. The summed E-state index contributed by atoms with van der Waals surface area (Å²) in [4.78, 5) is 4.01. The average molecular weight is 264 g/mol. The number of alkyl halides is 2. The molecule has 0 radical (unpaired) electrons. The van der Waals surface area contributed by atoms with Gasteiger partial charge in [-0.3, -0.25) is 4.98 Å². The third kappa shape index (κ3) is 3.06. The van der Waals surface area contributed by atoms with Crippen molar-refractivity contribution in [2.24, 2.45) is 5.73 Å². The summed E-state index contributed by atoms with van der Waals surface area (Å²) in [6.45, 7) is -0.976. The SMILES string of the molecule is Cc1ccncc1C(N)c1ccccc1OC(F)F. The number of para-hydroxylation sites is 1. The second-order valence-corrected chi connectivity index (χ2v) is 4.13.